The Morgan fingerprint density at radius 2 is 1.61 bits per heavy atom. The van der Waals surface area contributed by atoms with Crippen LogP contribution in [0.15, 0.2) is 83.8 Å². The van der Waals surface area contributed by atoms with Crippen LogP contribution in [0.2, 0.25) is 0 Å². The van der Waals surface area contributed by atoms with E-state index in [9.17, 15) is 12.8 Å². The van der Waals surface area contributed by atoms with E-state index < -0.39 is 15.8 Å². The van der Waals surface area contributed by atoms with Crippen molar-refractivity contribution >= 4 is 10.0 Å². The van der Waals surface area contributed by atoms with Gasteiger partial charge in [0.2, 0.25) is 10.0 Å². The van der Waals surface area contributed by atoms with Gasteiger partial charge in [0, 0.05) is 6.42 Å². The fraction of sp³-hybridized carbons (Fsp3) is 0.167. The fourth-order valence-electron chi connectivity index (χ4n) is 3.47. The average molecular weight is 466 g/mol. The SMILES string of the molecule is NS(=O)(=O)c1ccc(-n2nc(CNCCc3ccccc3)nc2Cc2ccccc2)c(F)c1. The lowest BCUT2D eigenvalue weighted by molar-refractivity contribution is 0.586. The predicted octanol–water partition coefficient (Wildman–Crippen LogP) is 2.98. The minimum atomic E-state index is -4.01. The zero-order valence-corrected chi connectivity index (χ0v) is 18.7. The molecule has 0 atom stereocenters. The third kappa shape index (κ3) is 5.89. The summed E-state index contributed by atoms with van der Waals surface area (Å²) in [5.74, 6) is 0.316. The molecule has 0 fully saturated rings. The first kappa shape index (κ1) is 22.8. The van der Waals surface area contributed by atoms with E-state index >= 15 is 0 Å². The molecule has 9 heteroatoms. The molecule has 0 amide bonds. The molecule has 33 heavy (non-hydrogen) atoms. The summed E-state index contributed by atoms with van der Waals surface area (Å²) < 4.78 is 39.4. The van der Waals surface area contributed by atoms with Crippen molar-refractivity contribution in [1.29, 1.82) is 0 Å². The van der Waals surface area contributed by atoms with E-state index in [-0.39, 0.29) is 10.6 Å². The number of rotatable bonds is 9. The lowest BCUT2D eigenvalue weighted by Gasteiger charge is -2.08. The Labute approximate surface area is 192 Å². The van der Waals surface area contributed by atoms with E-state index in [1.54, 1.807) is 0 Å². The molecule has 0 aliphatic rings. The van der Waals surface area contributed by atoms with Crippen molar-refractivity contribution in [1.82, 2.24) is 20.1 Å². The second-order valence-corrected chi connectivity index (χ2v) is 9.15. The summed E-state index contributed by atoms with van der Waals surface area (Å²) in [5, 5.41) is 12.9. The molecule has 0 saturated carbocycles. The molecule has 3 aromatic carbocycles. The molecule has 3 N–H and O–H groups in total. The highest BCUT2D eigenvalue weighted by atomic mass is 32.2. The molecule has 4 aromatic rings. The Morgan fingerprint density at radius 1 is 0.939 bits per heavy atom. The van der Waals surface area contributed by atoms with Gasteiger partial charge in [-0.25, -0.2) is 27.6 Å². The van der Waals surface area contributed by atoms with Crippen molar-refractivity contribution in [2.75, 3.05) is 6.54 Å². The van der Waals surface area contributed by atoms with Crippen molar-refractivity contribution in [3.8, 4) is 5.69 Å². The number of sulfonamides is 1. The first-order valence-electron chi connectivity index (χ1n) is 10.5. The topological polar surface area (TPSA) is 103 Å². The Morgan fingerprint density at radius 3 is 2.24 bits per heavy atom. The Kier molecular flexibility index (Phi) is 6.93. The van der Waals surface area contributed by atoms with Gasteiger partial charge < -0.3 is 5.32 Å². The molecule has 0 unspecified atom stereocenters. The molecule has 0 radical (unpaired) electrons. The Balaban J connectivity index is 1.57. The second-order valence-electron chi connectivity index (χ2n) is 7.59. The van der Waals surface area contributed by atoms with Gasteiger partial charge >= 0.3 is 0 Å². The third-order valence-corrected chi connectivity index (χ3v) is 6.03. The summed E-state index contributed by atoms with van der Waals surface area (Å²) in [6.45, 7) is 1.16. The van der Waals surface area contributed by atoms with Crippen LogP contribution in [0.3, 0.4) is 0 Å². The summed E-state index contributed by atoms with van der Waals surface area (Å²) >= 11 is 0. The minimum absolute atomic E-state index is 0.108. The molecule has 1 aromatic heterocycles. The molecular formula is C24H24FN5O2S. The van der Waals surface area contributed by atoms with Crippen molar-refractivity contribution < 1.29 is 12.8 Å². The van der Waals surface area contributed by atoms with E-state index in [0.717, 1.165) is 24.6 Å². The number of aromatic nitrogens is 3. The highest BCUT2D eigenvalue weighted by molar-refractivity contribution is 7.89. The first-order valence-corrected chi connectivity index (χ1v) is 12.0. The van der Waals surface area contributed by atoms with Gasteiger partial charge in [0.1, 0.15) is 17.3 Å². The standard InChI is InChI=1S/C24H24FN5O2S/c25-21-16-20(33(26,31)32)11-12-22(21)30-24(15-19-9-5-2-6-10-19)28-23(29-30)17-27-14-13-18-7-3-1-4-8-18/h1-12,16,27H,13-15,17H2,(H2,26,31,32). The van der Waals surface area contributed by atoms with Gasteiger partial charge in [-0.05, 0) is 42.3 Å². The number of primary sulfonamides is 1. The van der Waals surface area contributed by atoms with Crippen LogP contribution in [0.25, 0.3) is 5.69 Å². The van der Waals surface area contributed by atoms with E-state index in [2.05, 4.69) is 27.5 Å². The molecule has 0 aliphatic carbocycles. The summed E-state index contributed by atoms with van der Waals surface area (Å²) in [6, 6.07) is 23.3. The number of benzene rings is 3. The van der Waals surface area contributed by atoms with Crippen LogP contribution in [0.4, 0.5) is 4.39 Å². The van der Waals surface area contributed by atoms with Crippen LogP contribution in [-0.2, 0) is 29.4 Å². The van der Waals surface area contributed by atoms with Crippen LogP contribution in [0.5, 0.6) is 0 Å². The van der Waals surface area contributed by atoms with Crippen molar-refractivity contribution in [2.24, 2.45) is 5.14 Å². The van der Waals surface area contributed by atoms with E-state index in [4.69, 9.17) is 5.14 Å². The number of hydrogen-bond acceptors (Lipinski definition) is 5. The van der Waals surface area contributed by atoms with Gasteiger partial charge in [-0.2, -0.15) is 0 Å². The quantitative estimate of drug-likeness (QED) is 0.370. The first-order chi connectivity index (χ1) is 15.9. The van der Waals surface area contributed by atoms with E-state index in [1.165, 1.54) is 22.4 Å². The molecule has 0 bridgehead atoms. The van der Waals surface area contributed by atoms with Crippen LogP contribution in [-0.4, -0.2) is 29.7 Å². The lowest BCUT2D eigenvalue weighted by Crippen LogP contribution is -2.17. The van der Waals surface area contributed by atoms with Gasteiger partial charge in [0.15, 0.2) is 5.82 Å². The maximum atomic E-state index is 14.9. The molecule has 170 valence electrons. The number of halogens is 1. The summed E-state index contributed by atoms with van der Waals surface area (Å²) in [4.78, 5) is 4.32. The van der Waals surface area contributed by atoms with Gasteiger partial charge in [-0.1, -0.05) is 60.7 Å². The number of nitrogens with two attached hydrogens (primary N) is 1. The third-order valence-electron chi connectivity index (χ3n) is 5.12. The van der Waals surface area contributed by atoms with Gasteiger partial charge in [0.25, 0.3) is 0 Å². The van der Waals surface area contributed by atoms with Crippen molar-refractivity contribution in [3.63, 3.8) is 0 Å². The normalized spacial score (nSPS) is 11.6. The van der Waals surface area contributed by atoms with E-state index in [0.29, 0.717) is 24.6 Å². The predicted molar refractivity (Wildman–Crippen MR) is 124 cm³/mol. The Bertz CT molecular complexity index is 1330. The maximum absolute atomic E-state index is 14.9. The number of nitrogens with one attached hydrogen (secondary N) is 1. The van der Waals surface area contributed by atoms with Crippen LogP contribution < -0.4 is 10.5 Å². The molecule has 0 saturated heterocycles. The monoisotopic (exact) mass is 465 g/mol. The molecular weight excluding hydrogens is 441 g/mol. The van der Waals surface area contributed by atoms with Crippen LogP contribution in [0.1, 0.15) is 22.8 Å². The fourth-order valence-corrected chi connectivity index (χ4v) is 3.99. The molecule has 0 spiro atoms. The largest absolute Gasteiger partial charge is 0.309 e. The smallest absolute Gasteiger partial charge is 0.238 e. The highest BCUT2D eigenvalue weighted by Crippen LogP contribution is 2.20. The van der Waals surface area contributed by atoms with Crippen LogP contribution >= 0.6 is 0 Å². The second kappa shape index (κ2) is 10.0. The average Bonchev–Trinajstić information content (AvgIpc) is 3.19. The highest BCUT2D eigenvalue weighted by Gasteiger charge is 2.18. The summed E-state index contributed by atoms with van der Waals surface area (Å²) in [7, 11) is -4.01. The number of nitrogens with zero attached hydrogens (tertiary/aromatic N) is 3. The zero-order chi connectivity index (χ0) is 23.3. The van der Waals surface area contributed by atoms with Crippen molar-refractivity contribution in [3.05, 3.63) is 107 Å². The van der Waals surface area contributed by atoms with Gasteiger partial charge in [0.05, 0.1) is 11.4 Å². The van der Waals surface area contributed by atoms with E-state index in [1.807, 2.05) is 48.5 Å². The lowest BCUT2D eigenvalue weighted by atomic mass is 10.1. The Hall–Kier alpha value is -3.40. The minimum Gasteiger partial charge on any atom is -0.309 e. The summed E-state index contributed by atoms with van der Waals surface area (Å²) in [6.07, 6.45) is 1.30. The van der Waals surface area contributed by atoms with Gasteiger partial charge in [-0.15, -0.1) is 5.10 Å². The summed E-state index contributed by atoms with van der Waals surface area (Å²) in [5.41, 5.74) is 2.33. The number of hydrogen-bond donors (Lipinski definition) is 2. The van der Waals surface area contributed by atoms with Crippen molar-refractivity contribution in [2.45, 2.75) is 24.3 Å². The molecule has 1 heterocycles. The van der Waals surface area contributed by atoms with Gasteiger partial charge in [-0.3, -0.25) is 0 Å². The van der Waals surface area contributed by atoms with Crippen LogP contribution in [0, 0.1) is 5.82 Å². The molecule has 0 aliphatic heterocycles. The maximum Gasteiger partial charge on any atom is 0.238 e. The molecule has 4 rings (SSSR count). The molecule has 7 nitrogen and oxygen atoms in total. The zero-order valence-electron chi connectivity index (χ0n) is 17.9.